The largest absolute Gasteiger partial charge is 0.383 e. The zero-order valence-corrected chi connectivity index (χ0v) is 9.30. The zero-order chi connectivity index (χ0) is 11.1. The number of imide groups is 1. The summed E-state index contributed by atoms with van der Waals surface area (Å²) in [6.07, 6.45) is 0. The maximum Gasteiger partial charge on any atom is 0.324 e. The first-order valence-corrected chi connectivity index (χ1v) is 4.68. The number of methoxy groups -OCH3 is 1. The quantitative estimate of drug-likeness (QED) is 0.702. The highest BCUT2D eigenvalue weighted by molar-refractivity contribution is 6.28. The topological polar surface area (TPSA) is 58.6 Å². The Labute approximate surface area is 88.3 Å². The van der Waals surface area contributed by atoms with Gasteiger partial charge in [-0.15, -0.1) is 11.6 Å². The lowest BCUT2D eigenvalue weighted by Crippen LogP contribution is -2.46. The molecule has 0 aromatic rings. The molecule has 0 spiro atoms. The van der Waals surface area contributed by atoms with Gasteiger partial charge in [0.15, 0.2) is 0 Å². The van der Waals surface area contributed by atoms with Gasteiger partial charge in [-0.05, 0) is 6.92 Å². The standard InChI is InChI=1S/C8H15ClN2O3/c1-6(5-14-3)11(2)8(13)10-7(12)4-9/h6H,4-5H2,1-3H3,(H,10,12,13). The van der Waals surface area contributed by atoms with E-state index in [2.05, 4.69) is 5.32 Å². The molecule has 0 fully saturated rings. The average molecular weight is 223 g/mol. The monoisotopic (exact) mass is 222 g/mol. The molecule has 0 aromatic heterocycles. The fourth-order valence-corrected chi connectivity index (χ4v) is 0.861. The highest BCUT2D eigenvalue weighted by atomic mass is 35.5. The van der Waals surface area contributed by atoms with Gasteiger partial charge in [0, 0.05) is 14.2 Å². The van der Waals surface area contributed by atoms with E-state index < -0.39 is 11.9 Å². The van der Waals surface area contributed by atoms with E-state index in [4.69, 9.17) is 16.3 Å². The number of nitrogens with zero attached hydrogens (tertiary/aromatic N) is 1. The molecule has 0 saturated carbocycles. The van der Waals surface area contributed by atoms with Gasteiger partial charge in [0.1, 0.15) is 5.88 Å². The van der Waals surface area contributed by atoms with Crippen molar-refractivity contribution < 1.29 is 14.3 Å². The summed E-state index contributed by atoms with van der Waals surface area (Å²) in [5, 5.41) is 2.13. The van der Waals surface area contributed by atoms with Gasteiger partial charge in [0.05, 0.1) is 12.6 Å². The SMILES string of the molecule is COCC(C)N(C)C(=O)NC(=O)CCl. The first kappa shape index (κ1) is 13.2. The number of hydrogen-bond donors (Lipinski definition) is 1. The Bertz CT molecular complexity index is 211. The third-order valence-electron chi connectivity index (χ3n) is 1.76. The van der Waals surface area contributed by atoms with Crippen molar-refractivity contribution in [3.8, 4) is 0 Å². The normalized spacial score (nSPS) is 12.0. The van der Waals surface area contributed by atoms with Crippen molar-refractivity contribution in [2.24, 2.45) is 0 Å². The van der Waals surface area contributed by atoms with Crippen molar-refractivity contribution in [3.05, 3.63) is 0 Å². The number of halogens is 1. The predicted molar refractivity (Wildman–Crippen MR) is 53.4 cm³/mol. The number of nitrogens with one attached hydrogen (secondary N) is 1. The molecule has 0 aliphatic rings. The van der Waals surface area contributed by atoms with Crippen LogP contribution in [0.5, 0.6) is 0 Å². The van der Waals surface area contributed by atoms with Gasteiger partial charge in [0.2, 0.25) is 5.91 Å². The van der Waals surface area contributed by atoms with Crippen molar-refractivity contribution in [2.75, 3.05) is 26.6 Å². The van der Waals surface area contributed by atoms with E-state index in [-0.39, 0.29) is 11.9 Å². The molecular formula is C8H15ClN2O3. The van der Waals surface area contributed by atoms with Crippen LogP contribution in [0.4, 0.5) is 4.79 Å². The van der Waals surface area contributed by atoms with Crippen LogP contribution < -0.4 is 5.32 Å². The van der Waals surface area contributed by atoms with Gasteiger partial charge in [-0.2, -0.15) is 0 Å². The summed E-state index contributed by atoms with van der Waals surface area (Å²) in [5.74, 6) is -0.730. The molecule has 0 aromatic carbocycles. The molecule has 0 aliphatic carbocycles. The Morgan fingerprint density at radius 2 is 2.14 bits per heavy atom. The summed E-state index contributed by atoms with van der Waals surface area (Å²) >= 11 is 5.23. The van der Waals surface area contributed by atoms with Gasteiger partial charge in [-0.25, -0.2) is 4.79 Å². The van der Waals surface area contributed by atoms with E-state index >= 15 is 0 Å². The smallest absolute Gasteiger partial charge is 0.324 e. The van der Waals surface area contributed by atoms with Crippen LogP contribution in [-0.4, -0.2) is 49.5 Å². The fourth-order valence-electron chi connectivity index (χ4n) is 0.794. The van der Waals surface area contributed by atoms with E-state index in [9.17, 15) is 9.59 Å². The van der Waals surface area contributed by atoms with Crippen LogP contribution in [0.3, 0.4) is 0 Å². The molecule has 1 N–H and O–H groups in total. The van der Waals surface area contributed by atoms with Gasteiger partial charge in [-0.1, -0.05) is 0 Å². The first-order chi connectivity index (χ1) is 6.52. The Balaban J connectivity index is 4.04. The van der Waals surface area contributed by atoms with Crippen molar-refractivity contribution in [1.82, 2.24) is 10.2 Å². The van der Waals surface area contributed by atoms with Crippen LogP contribution in [0.1, 0.15) is 6.92 Å². The Kier molecular flexibility index (Phi) is 6.23. The molecule has 1 unspecified atom stereocenters. The molecule has 0 heterocycles. The minimum Gasteiger partial charge on any atom is -0.383 e. The molecule has 0 aliphatic heterocycles. The fraction of sp³-hybridized carbons (Fsp3) is 0.750. The second kappa shape index (κ2) is 6.62. The van der Waals surface area contributed by atoms with Crippen molar-refractivity contribution in [1.29, 1.82) is 0 Å². The van der Waals surface area contributed by atoms with Crippen LogP contribution in [0.15, 0.2) is 0 Å². The average Bonchev–Trinajstić information content (AvgIpc) is 2.16. The Hall–Kier alpha value is -0.810. The van der Waals surface area contributed by atoms with Crippen LogP contribution >= 0.6 is 11.6 Å². The van der Waals surface area contributed by atoms with E-state index in [1.165, 1.54) is 4.90 Å². The van der Waals surface area contributed by atoms with Crippen molar-refractivity contribution in [2.45, 2.75) is 13.0 Å². The molecule has 0 rings (SSSR count). The molecule has 0 radical (unpaired) electrons. The van der Waals surface area contributed by atoms with Crippen LogP contribution in [0, 0.1) is 0 Å². The van der Waals surface area contributed by atoms with Gasteiger partial charge in [-0.3, -0.25) is 10.1 Å². The van der Waals surface area contributed by atoms with E-state index in [0.29, 0.717) is 6.61 Å². The second-order valence-electron chi connectivity index (χ2n) is 2.90. The van der Waals surface area contributed by atoms with Crippen LogP contribution in [0.25, 0.3) is 0 Å². The van der Waals surface area contributed by atoms with E-state index in [1.54, 1.807) is 14.2 Å². The number of alkyl halides is 1. The number of carbonyl (C=O) groups is 2. The number of carbonyl (C=O) groups excluding carboxylic acids is 2. The first-order valence-electron chi connectivity index (χ1n) is 4.14. The molecule has 0 bridgehead atoms. The highest BCUT2D eigenvalue weighted by Crippen LogP contribution is 1.96. The zero-order valence-electron chi connectivity index (χ0n) is 8.54. The van der Waals surface area contributed by atoms with Crippen molar-refractivity contribution in [3.63, 3.8) is 0 Å². The number of urea groups is 1. The molecule has 6 heteroatoms. The maximum absolute atomic E-state index is 11.3. The molecular weight excluding hydrogens is 208 g/mol. The van der Waals surface area contributed by atoms with E-state index in [0.717, 1.165) is 0 Å². The second-order valence-corrected chi connectivity index (χ2v) is 3.17. The lowest BCUT2D eigenvalue weighted by Gasteiger charge is -2.23. The lowest BCUT2D eigenvalue weighted by molar-refractivity contribution is -0.117. The van der Waals surface area contributed by atoms with Gasteiger partial charge in [0.25, 0.3) is 0 Å². The minimum absolute atomic E-state index is 0.0943. The van der Waals surface area contributed by atoms with Crippen LogP contribution in [-0.2, 0) is 9.53 Å². The predicted octanol–water partition coefficient (Wildman–Crippen LogP) is 0.428. The Morgan fingerprint density at radius 3 is 2.57 bits per heavy atom. The van der Waals surface area contributed by atoms with Crippen molar-refractivity contribution >= 4 is 23.5 Å². The molecule has 1 atom stereocenters. The molecule has 3 amide bonds. The summed E-state index contributed by atoms with van der Waals surface area (Å²) in [6.45, 7) is 2.23. The minimum atomic E-state index is -0.506. The third kappa shape index (κ3) is 4.43. The number of ether oxygens (including phenoxy) is 1. The third-order valence-corrected chi connectivity index (χ3v) is 2.00. The Morgan fingerprint density at radius 1 is 1.57 bits per heavy atom. The summed E-state index contributed by atoms with van der Waals surface area (Å²) in [6, 6.07) is -0.566. The van der Waals surface area contributed by atoms with Crippen LogP contribution in [0.2, 0.25) is 0 Å². The van der Waals surface area contributed by atoms with E-state index in [1.807, 2.05) is 6.92 Å². The number of likely N-dealkylation sites (N-methyl/N-ethyl adjacent to an activating group) is 1. The molecule has 0 saturated heterocycles. The van der Waals surface area contributed by atoms with Gasteiger partial charge >= 0.3 is 6.03 Å². The number of amides is 3. The molecule has 82 valence electrons. The summed E-state index contributed by atoms with van der Waals surface area (Å²) < 4.78 is 4.87. The number of hydrogen-bond acceptors (Lipinski definition) is 3. The number of rotatable bonds is 4. The highest BCUT2D eigenvalue weighted by Gasteiger charge is 2.16. The summed E-state index contributed by atoms with van der Waals surface area (Å²) in [7, 11) is 3.13. The lowest BCUT2D eigenvalue weighted by atomic mass is 10.3. The molecule has 5 nitrogen and oxygen atoms in total. The summed E-state index contributed by atoms with van der Waals surface area (Å²) in [4.78, 5) is 23.5. The maximum atomic E-state index is 11.3. The summed E-state index contributed by atoms with van der Waals surface area (Å²) in [5.41, 5.74) is 0. The molecule has 14 heavy (non-hydrogen) atoms. The van der Waals surface area contributed by atoms with Gasteiger partial charge < -0.3 is 9.64 Å².